The molecule has 2 aliphatic carbocycles. The fourth-order valence-corrected chi connectivity index (χ4v) is 3.74. The average molecular weight is 442 g/mol. The topological polar surface area (TPSA) is 90.1 Å². The van der Waals surface area contributed by atoms with Crippen LogP contribution in [-0.2, 0) is 11.2 Å². The van der Waals surface area contributed by atoms with E-state index in [4.69, 9.17) is 9.26 Å². The van der Waals surface area contributed by atoms with Gasteiger partial charge in [-0.05, 0) is 44.9 Å². The molecule has 0 bridgehead atoms. The number of carbonyl (C=O) groups excluding carboxylic acids is 1. The molecule has 2 heterocycles. The van der Waals surface area contributed by atoms with Crippen LogP contribution in [0, 0.1) is 12.8 Å². The predicted molar refractivity (Wildman–Crippen MR) is 99.0 cm³/mol. The number of hydrogen-bond acceptors (Lipinski definition) is 6. The van der Waals surface area contributed by atoms with Crippen LogP contribution in [0.15, 0.2) is 16.8 Å². The van der Waals surface area contributed by atoms with Crippen molar-refractivity contribution in [2.45, 2.75) is 63.3 Å². The third kappa shape index (κ3) is 4.35. The maximum Gasteiger partial charge on any atom is 0.422 e. The van der Waals surface area contributed by atoms with Crippen LogP contribution >= 0.6 is 0 Å². The average Bonchev–Trinajstić information content (AvgIpc) is 3.45. The van der Waals surface area contributed by atoms with E-state index in [1.807, 2.05) is 0 Å². The molecule has 168 valence electrons. The van der Waals surface area contributed by atoms with E-state index in [1.165, 1.54) is 0 Å². The summed E-state index contributed by atoms with van der Waals surface area (Å²) in [4.78, 5) is 21.2. The van der Waals surface area contributed by atoms with Crippen molar-refractivity contribution in [3.8, 4) is 5.75 Å². The van der Waals surface area contributed by atoms with Crippen LogP contribution in [0.5, 0.6) is 5.75 Å². The summed E-state index contributed by atoms with van der Waals surface area (Å²) < 4.78 is 62.9. The minimum atomic E-state index is -4.60. The number of carbonyl (C=O) groups is 1. The summed E-state index contributed by atoms with van der Waals surface area (Å²) in [5, 5.41) is 6.74. The van der Waals surface area contributed by atoms with Crippen LogP contribution in [-0.4, -0.2) is 33.8 Å². The molecule has 2 fully saturated rings. The zero-order valence-corrected chi connectivity index (χ0v) is 17.1. The summed E-state index contributed by atoms with van der Waals surface area (Å²) in [7, 11) is 0. The second-order valence-corrected chi connectivity index (χ2v) is 8.36. The molecule has 7 nitrogen and oxygen atoms in total. The van der Waals surface area contributed by atoms with E-state index < -0.39 is 29.9 Å². The van der Waals surface area contributed by atoms with Gasteiger partial charge in [-0.3, -0.25) is 9.78 Å². The fourth-order valence-electron chi connectivity index (χ4n) is 3.74. The molecular weight excluding hydrogens is 420 g/mol. The Morgan fingerprint density at radius 1 is 1.35 bits per heavy atom. The van der Waals surface area contributed by atoms with Gasteiger partial charge >= 0.3 is 6.18 Å². The Labute approximate surface area is 175 Å². The van der Waals surface area contributed by atoms with Crippen molar-refractivity contribution in [2.75, 3.05) is 6.61 Å². The second-order valence-electron chi connectivity index (χ2n) is 8.36. The van der Waals surface area contributed by atoms with E-state index >= 15 is 0 Å². The number of rotatable bonds is 7. The van der Waals surface area contributed by atoms with E-state index in [0.717, 1.165) is 25.1 Å². The molecule has 1 amide bonds. The Balaban J connectivity index is 1.61. The maximum absolute atomic E-state index is 14.9. The zero-order valence-electron chi connectivity index (χ0n) is 17.1. The first-order chi connectivity index (χ1) is 14.5. The molecular formula is C20H22F4N4O3. The van der Waals surface area contributed by atoms with E-state index in [1.54, 1.807) is 13.8 Å². The number of halogens is 4. The van der Waals surface area contributed by atoms with Crippen molar-refractivity contribution in [3.05, 3.63) is 35.2 Å². The molecule has 2 aromatic rings. The van der Waals surface area contributed by atoms with Crippen LogP contribution in [0.25, 0.3) is 0 Å². The van der Waals surface area contributed by atoms with Gasteiger partial charge < -0.3 is 14.6 Å². The van der Waals surface area contributed by atoms with Gasteiger partial charge in [0.2, 0.25) is 5.89 Å². The monoisotopic (exact) mass is 442 g/mol. The number of alkyl halides is 4. The number of nitrogens with zero attached hydrogens (tertiary/aromatic N) is 3. The van der Waals surface area contributed by atoms with Crippen molar-refractivity contribution in [1.82, 2.24) is 20.4 Å². The Hall–Kier alpha value is -2.72. The van der Waals surface area contributed by atoms with Gasteiger partial charge in [-0.25, -0.2) is 4.39 Å². The molecule has 2 saturated carbocycles. The first kappa shape index (κ1) is 21.5. The van der Waals surface area contributed by atoms with Crippen molar-refractivity contribution in [3.63, 3.8) is 0 Å². The number of pyridine rings is 1. The van der Waals surface area contributed by atoms with Gasteiger partial charge in [-0.1, -0.05) is 5.16 Å². The van der Waals surface area contributed by atoms with Crippen molar-refractivity contribution in [2.24, 2.45) is 5.92 Å². The number of ether oxygens (including phenoxy) is 1. The molecule has 0 aromatic carbocycles. The van der Waals surface area contributed by atoms with Gasteiger partial charge in [0.15, 0.2) is 12.4 Å². The molecule has 0 aliphatic heterocycles. The summed E-state index contributed by atoms with van der Waals surface area (Å²) in [6.07, 6.45) is -0.873. The van der Waals surface area contributed by atoms with Gasteiger partial charge in [0.25, 0.3) is 5.91 Å². The van der Waals surface area contributed by atoms with Gasteiger partial charge in [-0.15, -0.1) is 0 Å². The molecule has 4 rings (SSSR count). The summed E-state index contributed by atoms with van der Waals surface area (Å²) in [6.45, 7) is 1.79. The smallest absolute Gasteiger partial charge is 0.422 e. The van der Waals surface area contributed by atoms with Crippen molar-refractivity contribution < 1.29 is 31.6 Å². The maximum atomic E-state index is 14.9. The molecule has 0 saturated heterocycles. The number of aromatic nitrogens is 3. The number of amides is 1. The lowest BCUT2D eigenvalue weighted by Crippen LogP contribution is -2.46. The molecule has 0 radical (unpaired) electrons. The highest BCUT2D eigenvalue weighted by atomic mass is 19.4. The minimum Gasteiger partial charge on any atom is -0.484 e. The molecule has 0 unspecified atom stereocenters. The van der Waals surface area contributed by atoms with Crippen LogP contribution in [0.2, 0.25) is 0 Å². The standard InChI is InChI=1S/C20H22F4N4O3/c1-11-26-17(28-31-11)18(2,12-4-5-12)27-16(29)14-8-15(30-10-20(22,23)24)13(9-25-14)19(21)6-3-7-19/h8-9,12H,3-7,10H2,1-2H3,(H,27,29)/t18-/m0/s1. The van der Waals surface area contributed by atoms with Gasteiger partial charge in [0, 0.05) is 24.8 Å². The Bertz CT molecular complexity index is 985. The predicted octanol–water partition coefficient (Wildman–Crippen LogP) is 4.12. The van der Waals surface area contributed by atoms with Crippen molar-refractivity contribution >= 4 is 5.91 Å². The third-order valence-corrected chi connectivity index (χ3v) is 5.88. The molecule has 2 aliphatic rings. The van der Waals surface area contributed by atoms with E-state index in [2.05, 4.69) is 20.4 Å². The van der Waals surface area contributed by atoms with Crippen LogP contribution < -0.4 is 10.1 Å². The minimum absolute atomic E-state index is 0.0710. The lowest BCUT2D eigenvalue weighted by atomic mass is 9.77. The normalized spacial score (nSPS) is 19.9. The van der Waals surface area contributed by atoms with Gasteiger partial charge in [0.05, 0.1) is 0 Å². The van der Waals surface area contributed by atoms with Crippen LogP contribution in [0.1, 0.15) is 66.8 Å². The van der Waals surface area contributed by atoms with Gasteiger partial charge in [-0.2, -0.15) is 18.2 Å². The summed E-state index contributed by atoms with van der Waals surface area (Å²) >= 11 is 0. The number of hydrogen-bond donors (Lipinski definition) is 1. The second kappa shape index (κ2) is 7.45. The quantitative estimate of drug-likeness (QED) is 0.649. The van der Waals surface area contributed by atoms with Crippen LogP contribution in [0.4, 0.5) is 17.6 Å². The van der Waals surface area contributed by atoms with E-state index in [9.17, 15) is 22.4 Å². The summed E-state index contributed by atoms with van der Waals surface area (Å²) in [5.74, 6) is -0.249. The Morgan fingerprint density at radius 3 is 2.58 bits per heavy atom. The third-order valence-electron chi connectivity index (χ3n) is 5.88. The highest BCUT2D eigenvalue weighted by Crippen LogP contribution is 2.48. The highest BCUT2D eigenvalue weighted by Gasteiger charge is 2.48. The number of aryl methyl sites for hydroxylation is 1. The summed E-state index contributed by atoms with van der Waals surface area (Å²) in [5.41, 5.74) is -2.99. The van der Waals surface area contributed by atoms with Crippen molar-refractivity contribution in [1.29, 1.82) is 0 Å². The number of nitrogens with one attached hydrogen (secondary N) is 1. The van der Waals surface area contributed by atoms with Gasteiger partial charge in [0.1, 0.15) is 22.7 Å². The fraction of sp³-hybridized carbons (Fsp3) is 0.600. The highest BCUT2D eigenvalue weighted by molar-refractivity contribution is 5.93. The Kier molecular flexibility index (Phi) is 5.17. The molecule has 1 N–H and O–H groups in total. The first-order valence-electron chi connectivity index (χ1n) is 10.0. The van der Waals surface area contributed by atoms with Crippen LogP contribution in [0.3, 0.4) is 0 Å². The van der Waals surface area contributed by atoms with E-state index in [-0.39, 0.29) is 35.8 Å². The lowest BCUT2D eigenvalue weighted by molar-refractivity contribution is -0.154. The SMILES string of the molecule is Cc1nc([C@@](C)(NC(=O)c2cc(OCC(F)(F)F)c(C3(F)CCC3)cn2)C2CC2)no1. The zero-order chi connectivity index (χ0) is 22.4. The lowest BCUT2D eigenvalue weighted by Gasteiger charge is -2.35. The first-order valence-corrected chi connectivity index (χ1v) is 10.0. The molecule has 0 spiro atoms. The molecule has 2 aromatic heterocycles. The summed E-state index contributed by atoms with van der Waals surface area (Å²) in [6, 6.07) is 1.06. The largest absolute Gasteiger partial charge is 0.484 e. The molecule has 31 heavy (non-hydrogen) atoms. The Morgan fingerprint density at radius 2 is 2.06 bits per heavy atom. The molecule has 11 heteroatoms. The molecule has 1 atom stereocenters. The van der Waals surface area contributed by atoms with E-state index in [0.29, 0.717) is 18.1 Å².